The summed E-state index contributed by atoms with van der Waals surface area (Å²) in [6, 6.07) is 22.7. The fraction of sp³-hybridized carbons (Fsp3) is 0.300. The van der Waals surface area contributed by atoms with Crippen LogP contribution in [0.15, 0.2) is 72.8 Å². The highest BCUT2D eigenvalue weighted by atomic mass is 16.5. The van der Waals surface area contributed by atoms with E-state index < -0.39 is 6.17 Å². The van der Waals surface area contributed by atoms with Gasteiger partial charge in [0, 0.05) is 30.6 Å². The number of rotatable bonds is 10. The molecule has 0 saturated carbocycles. The molecule has 0 aromatic heterocycles. The minimum atomic E-state index is -0.424. The van der Waals surface area contributed by atoms with E-state index in [1.807, 2.05) is 66.7 Å². The summed E-state index contributed by atoms with van der Waals surface area (Å²) >= 11 is 0. The van der Waals surface area contributed by atoms with Gasteiger partial charge in [0.1, 0.15) is 11.9 Å². The number of amides is 3. The van der Waals surface area contributed by atoms with Gasteiger partial charge >= 0.3 is 0 Å². The van der Waals surface area contributed by atoms with Crippen molar-refractivity contribution < 1.29 is 19.1 Å². The van der Waals surface area contributed by atoms with Crippen LogP contribution in [0.4, 0.5) is 5.69 Å². The fourth-order valence-corrected chi connectivity index (χ4v) is 5.17. The molecule has 5 rings (SSSR count). The number of hydrogen-bond acceptors (Lipinski definition) is 4. The molecule has 190 valence electrons. The lowest BCUT2D eigenvalue weighted by molar-refractivity contribution is -0.121. The van der Waals surface area contributed by atoms with Gasteiger partial charge in [-0.25, -0.2) is 0 Å². The van der Waals surface area contributed by atoms with Crippen LogP contribution in [0, 0.1) is 0 Å². The second kappa shape index (κ2) is 10.9. The van der Waals surface area contributed by atoms with Gasteiger partial charge in [-0.3, -0.25) is 19.3 Å². The van der Waals surface area contributed by atoms with Crippen LogP contribution >= 0.6 is 0 Å². The lowest BCUT2D eigenvalue weighted by atomic mass is 10.0. The number of methoxy groups -OCH3 is 1. The summed E-state index contributed by atoms with van der Waals surface area (Å²) < 4.78 is 5.17. The highest BCUT2D eigenvalue weighted by Gasteiger charge is 2.47. The van der Waals surface area contributed by atoms with Crippen LogP contribution in [0.3, 0.4) is 0 Å². The van der Waals surface area contributed by atoms with E-state index >= 15 is 0 Å². The molecule has 3 amide bonds. The van der Waals surface area contributed by atoms with E-state index in [9.17, 15) is 14.4 Å². The van der Waals surface area contributed by atoms with E-state index in [0.29, 0.717) is 36.3 Å². The third-order valence-electron chi connectivity index (χ3n) is 7.08. The summed E-state index contributed by atoms with van der Waals surface area (Å²) in [6.07, 6.45) is 3.12. The zero-order valence-electron chi connectivity index (χ0n) is 21.0. The molecule has 3 aromatic rings. The Hall–Kier alpha value is -4.13. The number of unbranched alkanes of at least 4 members (excludes halogenated alkanes) is 2. The Morgan fingerprint density at radius 1 is 0.865 bits per heavy atom. The average molecular weight is 498 g/mol. The minimum absolute atomic E-state index is 0.0398. The van der Waals surface area contributed by atoms with Gasteiger partial charge in [0.05, 0.1) is 18.4 Å². The molecule has 0 fully saturated rings. The number of ether oxygens (including phenoxy) is 1. The molecule has 0 radical (unpaired) electrons. The van der Waals surface area contributed by atoms with E-state index in [-0.39, 0.29) is 17.7 Å². The first-order chi connectivity index (χ1) is 18.1. The number of fused-ring (bicyclic) bond motifs is 5. The Kier molecular flexibility index (Phi) is 7.21. The first-order valence-corrected chi connectivity index (χ1v) is 12.8. The van der Waals surface area contributed by atoms with Crippen molar-refractivity contribution in [3.05, 3.63) is 95.1 Å². The van der Waals surface area contributed by atoms with Gasteiger partial charge in [-0.2, -0.15) is 0 Å². The molecule has 0 spiro atoms. The second-order valence-corrected chi connectivity index (χ2v) is 9.41. The van der Waals surface area contributed by atoms with E-state index in [1.165, 1.54) is 0 Å². The molecule has 0 unspecified atom stereocenters. The van der Waals surface area contributed by atoms with Crippen LogP contribution in [0.2, 0.25) is 0 Å². The number of anilines is 1. The predicted octanol–water partition coefficient (Wildman–Crippen LogP) is 4.73. The van der Waals surface area contributed by atoms with E-state index in [0.717, 1.165) is 42.6 Å². The molecule has 0 aliphatic carbocycles. The van der Waals surface area contributed by atoms with Gasteiger partial charge in [-0.15, -0.1) is 0 Å². The minimum Gasteiger partial charge on any atom is -0.497 e. The monoisotopic (exact) mass is 497 g/mol. The zero-order chi connectivity index (χ0) is 25.8. The van der Waals surface area contributed by atoms with Crippen molar-refractivity contribution >= 4 is 23.4 Å². The first kappa shape index (κ1) is 24.6. The Labute approximate surface area is 217 Å². The largest absolute Gasteiger partial charge is 0.497 e. The average Bonchev–Trinajstić information content (AvgIpc) is 3.23. The van der Waals surface area contributed by atoms with Gasteiger partial charge in [0.25, 0.3) is 11.8 Å². The van der Waals surface area contributed by atoms with Gasteiger partial charge in [0.2, 0.25) is 5.91 Å². The molecular weight excluding hydrogens is 466 g/mol. The van der Waals surface area contributed by atoms with Gasteiger partial charge in [0.15, 0.2) is 0 Å². The van der Waals surface area contributed by atoms with Crippen LogP contribution in [-0.2, 0) is 11.2 Å². The molecule has 2 heterocycles. The molecule has 7 heteroatoms. The number of benzene rings is 3. The summed E-state index contributed by atoms with van der Waals surface area (Å²) in [5.74, 6) is 0.729. The van der Waals surface area contributed by atoms with Crippen LogP contribution in [0.25, 0.3) is 0 Å². The first-order valence-electron chi connectivity index (χ1n) is 12.8. The highest BCUT2D eigenvalue weighted by molar-refractivity contribution is 6.16. The molecule has 0 saturated heterocycles. The number of hydrogen-bond donors (Lipinski definition) is 1. The summed E-state index contributed by atoms with van der Waals surface area (Å²) in [5, 5.41) is 2.99. The molecule has 2 aliphatic rings. The molecule has 3 aromatic carbocycles. The van der Waals surface area contributed by atoms with Crippen LogP contribution in [0.5, 0.6) is 5.75 Å². The summed E-state index contributed by atoms with van der Waals surface area (Å²) in [5.41, 5.74) is 3.88. The topological polar surface area (TPSA) is 79.0 Å². The van der Waals surface area contributed by atoms with Crippen molar-refractivity contribution in [2.75, 3.05) is 25.1 Å². The molecule has 0 bridgehead atoms. The fourth-order valence-electron chi connectivity index (χ4n) is 5.17. The normalized spacial score (nSPS) is 15.8. The number of carbonyl (C=O) groups excluding carboxylic acids is 3. The van der Waals surface area contributed by atoms with Crippen LogP contribution in [0.1, 0.15) is 63.7 Å². The Bertz CT molecular complexity index is 1300. The maximum Gasteiger partial charge on any atom is 0.260 e. The Morgan fingerprint density at radius 2 is 1.59 bits per heavy atom. The van der Waals surface area contributed by atoms with E-state index in [4.69, 9.17) is 4.74 Å². The number of para-hydroxylation sites is 1. The quantitative estimate of drug-likeness (QED) is 0.411. The second-order valence-electron chi connectivity index (χ2n) is 9.41. The van der Waals surface area contributed by atoms with Crippen molar-refractivity contribution in [1.29, 1.82) is 0 Å². The summed E-state index contributed by atoms with van der Waals surface area (Å²) in [4.78, 5) is 42.5. The summed E-state index contributed by atoms with van der Waals surface area (Å²) in [6.45, 7) is 1.12. The maximum absolute atomic E-state index is 13.4. The van der Waals surface area contributed by atoms with Crippen molar-refractivity contribution in [2.24, 2.45) is 0 Å². The number of carbonyl (C=O) groups is 3. The smallest absolute Gasteiger partial charge is 0.260 e. The Balaban J connectivity index is 1.13. The molecule has 7 nitrogen and oxygen atoms in total. The summed E-state index contributed by atoms with van der Waals surface area (Å²) in [7, 11) is 1.64. The third-order valence-corrected chi connectivity index (χ3v) is 7.08. The maximum atomic E-state index is 13.4. The van der Waals surface area contributed by atoms with E-state index in [1.54, 1.807) is 23.0 Å². The highest BCUT2D eigenvalue weighted by Crippen LogP contribution is 2.45. The molecule has 37 heavy (non-hydrogen) atoms. The number of nitrogens with zero attached hydrogens (tertiary/aromatic N) is 2. The SMILES string of the molecule is COc1ccc(CCNC(=O)CCCCCN2C(=O)c3ccccc3N3C(=O)c4ccccc4[C@@H]23)cc1. The van der Waals surface area contributed by atoms with Crippen molar-refractivity contribution in [2.45, 2.75) is 38.3 Å². The van der Waals surface area contributed by atoms with Gasteiger partial charge in [-0.05, 0) is 55.2 Å². The standard InChI is InChI=1S/C30H31N3O4/c1-37-22-16-14-21(15-17-22)18-19-31-27(34)13-3-2-8-20-32-28-23-9-4-5-10-24(23)30(36)33(28)26-12-7-6-11-25(26)29(32)35/h4-7,9-12,14-17,28H,2-3,8,13,18-20H2,1H3,(H,31,34)/t28-/m0/s1. The van der Waals surface area contributed by atoms with E-state index in [2.05, 4.69) is 5.32 Å². The van der Waals surface area contributed by atoms with Crippen molar-refractivity contribution in [3.8, 4) is 5.75 Å². The molecule has 1 N–H and O–H groups in total. The van der Waals surface area contributed by atoms with Crippen LogP contribution < -0.4 is 15.0 Å². The molecule has 1 atom stereocenters. The molecule has 2 aliphatic heterocycles. The van der Waals surface area contributed by atoms with Gasteiger partial charge < -0.3 is 15.0 Å². The zero-order valence-corrected chi connectivity index (χ0v) is 21.0. The third kappa shape index (κ3) is 4.94. The Morgan fingerprint density at radius 3 is 2.38 bits per heavy atom. The number of nitrogens with one attached hydrogen (secondary N) is 1. The van der Waals surface area contributed by atoms with Crippen molar-refractivity contribution in [3.63, 3.8) is 0 Å². The van der Waals surface area contributed by atoms with Gasteiger partial charge in [-0.1, -0.05) is 48.9 Å². The van der Waals surface area contributed by atoms with Crippen LogP contribution in [-0.4, -0.2) is 42.8 Å². The lowest BCUT2D eigenvalue weighted by Crippen LogP contribution is -2.48. The molecular formula is C30H31N3O4. The van der Waals surface area contributed by atoms with Crippen molar-refractivity contribution in [1.82, 2.24) is 10.2 Å². The predicted molar refractivity (Wildman–Crippen MR) is 142 cm³/mol. The lowest BCUT2D eigenvalue weighted by Gasteiger charge is -2.41.